The summed E-state index contributed by atoms with van der Waals surface area (Å²) in [5, 5.41) is 23.5. The number of hydrogen-bond acceptors (Lipinski definition) is 4. The molecular weight excluding hydrogens is 424 g/mol. The van der Waals surface area contributed by atoms with Crippen molar-refractivity contribution in [2.24, 2.45) is 46.3 Å². The minimum Gasteiger partial charge on any atom is -0.462 e. The Hall–Kier alpha value is -1.13. The van der Waals surface area contributed by atoms with Crippen molar-refractivity contribution in [2.45, 2.75) is 111 Å². The number of esters is 1. The first-order valence-electron chi connectivity index (χ1n) is 13.8. The van der Waals surface area contributed by atoms with E-state index in [9.17, 15) is 15.0 Å². The fourth-order valence-electron chi connectivity index (χ4n) is 8.53. The standard InChI is InChI=1S/C30H48O4/c1-18(2)19(3)8-9-20(4)24-10-11-25-23-13-15-30(33)16-22(34-21(5)31)12-14-29(30,7)27(23)26(32)17-28(24,25)6/h8-9,13,18-20,22,24-27,32-33H,10-12,14-17H2,1-7H3/b9-8+/t19-,20+,22+,24+,25-,26+,27+,28-,29+,30+/m0/s1. The Morgan fingerprint density at radius 2 is 1.82 bits per heavy atom. The van der Waals surface area contributed by atoms with Gasteiger partial charge >= 0.3 is 5.97 Å². The lowest BCUT2D eigenvalue weighted by Gasteiger charge is -2.62. The van der Waals surface area contributed by atoms with Crippen LogP contribution in [0.3, 0.4) is 0 Å². The van der Waals surface area contributed by atoms with Crippen molar-refractivity contribution in [3.05, 3.63) is 23.8 Å². The van der Waals surface area contributed by atoms with Crippen LogP contribution in [0.4, 0.5) is 0 Å². The summed E-state index contributed by atoms with van der Waals surface area (Å²) in [6.07, 6.45) is 12.2. The predicted octanol–water partition coefficient (Wildman–Crippen LogP) is 6.07. The third kappa shape index (κ3) is 4.11. The molecule has 0 aromatic heterocycles. The number of aliphatic hydroxyl groups excluding tert-OH is 1. The molecule has 0 radical (unpaired) electrons. The second-order valence-corrected chi connectivity index (χ2v) is 13.2. The Labute approximate surface area is 207 Å². The van der Waals surface area contributed by atoms with Gasteiger partial charge in [0.05, 0.1) is 11.7 Å². The molecule has 4 nitrogen and oxygen atoms in total. The summed E-state index contributed by atoms with van der Waals surface area (Å²) in [4.78, 5) is 11.5. The molecule has 0 amide bonds. The molecule has 0 heterocycles. The maximum atomic E-state index is 11.8. The Balaban J connectivity index is 1.59. The molecule has 0 saturated heterocycles. The maximum Gasteiger partial charge on any atom is 0.302 e. The summed E-state index contributed by atoms with van der Waals surface area (Å²) >= 11 is 0. The predicted molar refractivity (Wildman–Crippen MR) is 136 cm³/mol. The van der Waals surface area contributed by atoms with Crippen LogP contribution in [0, 0.1) is 46.3 Å². The molecule has 0 aromatic carbocycles. The van der Waals surface area contributed by atoms with E-state index < -0.39 is 11.7 Å². The van der Waals surface area contributed by atoms with E-state index in [1.165, 1.54) is 25.3 Å². The summed E-state index contributed by atoms with van der Waals surface area (Å²) in [6.45, 7) is 15.3. The van der Waals surface area contributed by atoms with E-state index in [0.29, 0.717) is 42.4 Å². The van der Waals surface area contributed by atoms with E-state index in [2.05, 4.69) is 59.8 Å². The molecule has 10 atom stereocenters. The Morgan fingerprint density at radius 3 is 2.47 bits per heavy atom. The van der Waals surface area contributed by atoms with Gasteiger partial charge in [0.25, 0.3) is 0 Å². The summed E-state index contributed by atoms with van der Waals surface area (Å²) < 4.78 is 5.50. The van der Waals surface area contributed by atoms with Gasteiger partial charge in [0.2, 0.25) is 0 Å². The van der Waals surface area contributed by atoms with E-state index in [1.807, 2.05) is 0 Å². The molecule has 4 aliphatic rings. The number of rotatable bonds is 5. The first kappa shape index (κ1) is 25.9. The zero-order valence-corrected chi connectivity index (χ0v) is 22.5. The van der Waals surface area contributed by atoms with Gasteiger partial charge in [-0.3, -0.25) is 4.79 Å². The molecule has 0 bridgehead atoms. The molecule has 4 heteroatoms. The van der Waals surface area contributed by atoms with E-state index >= 15 is 0 Å². The molecule has 4 aliphatic carbocycles. The number of ether oxygens (including phenoxy) is 1. The highest BCUT2D eigenvalue weighted by Crippen LogP contribution is 2.67. The van der Waals surface area contributed by atoms with Crippen LogP contribution in [-0.2, 0) is 9.53 Å². The molecule has 0 aromatic rings. The minimum atomic E-state index is -0.935. The molecule has 0 aliphatic heterocycles. The topological polar surface area (TPSA) is 66.8 Å². The maximum absolute atomic E-state index is 11.8. The summed E-state index contributed by atoms with van der Waals surface area (Å²) in [5.41, 5.74) is 0.182. The van der Waals surface area contributed by atoms with Gasteiger partial charge in [-0.1, -0.05) is 65.3 Å². The lowest BCUT2D eigenvalue weighted by atomic mass is 9.45. The number of carbonyl (C=O) groups excluding carboxylic acids is 1. The van der Waals surface area contributed by atoms with Crippen LogP contribution in [0.2, 0.25) is 0 Å². The number of aliphatic hydroxyl groups is 2. The highest BCUT2D eigenvalue weighted by Gasteiger charge is 2.65. The molecule has 3 saturated carbocycles. The SMILES string of the molecule is CC(=O)O[C@@H]1CC[C@]2(C)[C@@H]3C(=CC[C@@]2(O)C1)[C@@H]1CC[C@H]([C@H](C)/C=C/[C@H](C)C(C)C)[C@]1(C)C[C@H]3O. The lowest BCUT2D eigenvalue weighted by molar-refractivity contribution is -0.197. The molecule has 4 rings (SSSR count). The quantitative estimate of drug-likeness (QED) is 0.377. The summed E-state index contributed by atoms with van der Waals surface area (Å²) in [6, 6.07) is 0. The van der Waals surface area contributed by atoms with Crippen LogP contribution in [0.25, 0.3) is 0 Å². The zero-order chi connectivity index (χ0) is 25.1. The second kappa shape index (κ2) is 9.07. The van der Waals surface area contributed by atoms with Crippen molar-refractivity contribution in [3.63, 3.8) is 0 Å². The molecular formula is C30H48O4. The van der Waals surface area contributed by atoms with Crippen LogP contribution in [0.5, 0.6) is 0 Å². The van der Waals surface area contributed by atoms with Gasteiger partial charge in [-0.15, -0.1) is 0 Å². The van der Waals surface area contributed by atoms with Gasteiger partial charge in [0.1, 0.15) is 6.10 Å². The summed E-state index contributed by atoms with van der Waals surface area (Å²) in [5.74, 6) is 2.49. The highest BCUT2D eigenvalue weighted by atomic mass is 16.5. The van der Waals surface area contributed by atoms with Crippen molar-refractivity contribution in [3.8, 4) is 0 Å². The number of fused-ring (bicyclic) bond motifs is 5. The third-order valence-electron chi connectivity index (χ3n) is 10.9. The fourth-order valence-corrected chi connectivity index (χ4v) is 8.53. The zero-order valence-electron chi connectivity index (χ0n) is 22.5. The van der Waals surface area contributed by atoms with Crippen molar-refractivity contribution in [1.29, 1.82) is 0 Å². The molecule has 3 fully saturated rings. The van der Waals surface area contributed by atoms with E-state index in [4.69, 9.17) is 4.74 Å². The number of hydrogen-bond donors (Lipinski definition) is 2. The van der Waals surface area contributed by atoms with Gasteiger partial charge in [0, 0.05) is 24.7 Å². The fraction of sp³-hybridized carbons (Fsp3) is 0.833. The van der Waals surface area contributed by atoms with Crippen LogP contribution in [0.1, 0.15) is 93.4 Å². The molecule has 0 unspecified atom stereocenters. The van der Waals surface area contributed by atoms with Gasteiger partial charge < -0.3 is 14.9 Å². The monoisotopic (exact) mass is 472 g/mol. The first-order valence-corrected chi connectivity index (χ1v) is 13.8. The van der Waals surface area contributed by atoms with Gasteiger partial charge in [0.15, 0.2) is 0 Å². The number of carbonyl (C=O) groups is 1. The van der Waals surface area contributed by atoms with Crippen LogP contribution in [-0.4, -0.2) is 34.0 Å². The van der Waals surface area contributed by atoms with Crippen molar-refractivity contribution < 1.29 is 19.7 Å². The van der Waals surface area contributed by atoms with Crippen LogP contribution >= 0.6 is 0 Å². The Morgan fingerprint density at radius 1 is 1.12 bits per heavy atom. The van der Waals surface area contributed by atoms with E-state index in [-0.39, 0.29) is 28.8 Å². The molecule has 192 valence electrons. The summed E-state index contributed by atoms with van der Waals surface area (Å²) in [7, 11) is 0. The average molecular weight is 473 g/mol. The Bertz CT molecular complexity index is 845. The molecule has 0 spiro atoms. The Kier molecular flexibility index (Phi) is 6.92. The van der Waals surface area contributed by atoms with Crippen molar-refractivity contribution >= 4 is 5.97 Å². The number of allylic oxidation sites excluding steroid dienone is 2. The third-order valence-corrected chi connectivity index (χ3v) is 10.9. The lowest BCUT2D eigenvalue weighted by Crippen LogP contribution is -2.63. The van der Waals surface area contributed by atoms with Crippen molar-refractivity contribution in [1.82, 2.24) is 0 Å². The van der Waals surface area contributed by atoms with Gasteiger partial charge in [-0.05, 0) is 73.5 Å². The smallest absolute Gasteiger partial charge is 0.302 e. The van der Waals surface area contributed by atoms with E-state index in [1.54, 1.807) is 0 Å². The van der Waals surface area contributed by atoms with Gasteiger partial charge in [-0.2, -0.15) is 0 Å². The van der Waals surface area contributed by atoms with E-state index in [0.717, 1.165) is 19.3 Å². The van der Waals surface area contributed by atoms with Gasteiger partial charge in [-0.25, -0.2) is 0 Å². The van der Waals surface area contributed by atoms with Crippen LogP contribution < -0.4 is 0 Å². The normalized spacial score (nSPS) is 45.8. The highest BCUT2D eigenvalue weighted by molar-refractivity contribution is 5.66. The van der Waals surface area contributed by atoms with Crippen LogP contribution in [0.15, 0.2) is 23.8 Å². The second-order valence-electron chi connectivity index (χ2n) is 13.2. The molecule has 2 N–H and O–H groups in total. The molecule has 34 heavy (non-hydrogen) atoms. The largest absolute Gasteiger partial charge is 0.462 e. The average Bonchev–Trinajstić information content (AvgIpc) is 3.08. The first-order chi connectivity index (χ1) is 15.8. The van der Waals surface area contributed by atoms with Crippen molar-refractivity contribution in [2.75, 3.05) is 0 Å². The minimum absolute atomic E-state index is 0.00633.